The first-order valence-corrected chi connectivity index (χ1v) is 7.88. The highest BCUT2D eigenvalue weighted by atomic mass is 31.2. The van der Waals surface area contributed by atoms with E-state index in [1.165, 1.54) is 5.56 Å². The molecule has 0 saturated carbocycles. The largest absolute Gasteiger partial charge is 0.361 e. The molecule has 0 aliphatic heterocycles. The van der Waals surface area contributed by atoms with Gasteiger partial charge in [0.1, 0.15) is 0 Å². The Hall–Kier alpha value is -0.630. The molecular weight excluding hydrogens is 247 g/mol. The maximum atomic E-state index is 12.5. The van der Waals surface area contributed by atoms with Crippen molar-refractivity contribution in [2.45, 2.75) is 40.0 Å². The standard InChI is InChI=1S/C14H23O3P/c1-6-16-18(15,17-7-2)13-10-8-12(9-11-13)14(3,4)5/h8-11H,6-7H2,1-5H3. The summed E-state index contributed by atoms with van der Waals surface area (Å²) in [7, 11) is -3.14. The van der Waals surface area contributed by atoms with E-state index in [9.17, 15) is 4.57 Å². The van der Waals surface area contributed by atoms with E-state index in [1.807, 2.05) is 38.1 Å². The Balaban J connectivity index is 3.05. The first-order chi connectivity index (χ1) is 8.33. The quantitative estimate of drug-likeness (QED) is 0.762. The van der Waals surface area contributed by atoms with E-state index in [1.54, 1.807) is 0 Å². The average molecular weight is 270 g/mol. The molecule has 0 bridgehead atoms. The first kappa shape index (κ1) is 15.4. The van der Waals surface area contributed by atoms with E-state index in [0.717, 1.165) is 0 Å². The third-order valence-corrected chi connectivity index (χ3v) is 4.77. The molecule has 0 heterocycles. The summed E-state index contributed by atoms with van der Waals surface area (Å²) in [6.45, 7) is 10.8. The summed E-state index contributed by atoms with van der Waals surface area (Å²) >= 11 is 0. The number of rotatable bonds is 5. The molecular formula is C14H23O3P. The molecule has 1 aromatic rings. The summed E-state index contributed by atoms with van der Waals surface area (Å²) in [6.07, 6.45) is 0. The summed E-state index contributed by atoms with van der Waals surface area (Å²) < 4.78 is 23.2. The molecule has 0 N–H and O–H groups in total. The fourth-order valence-electron chi connectivity index (χ4n) is 1.67. The monoisotopic (exact) mass is 270 g/mol. The second-order valence-corrected chi connectivity index (χ2v) is 7.16. The van der Waals surface area contributed by atoms with Crippen molar-refractivity contribution in [1.29, 1.82) is 0 Å². The van der Waals surface area contributed by atoms with Gasteiger partial charge in [-0.05, 0) is 37.0 Å². The number of hydrogen-bond acceptors (Lipinski definition) is 3. The van der Waals surface area contributed by atoms with Gasteiger partial charge in [-0.2, -0.15) is 0 Å². The maximum Gasteiger partial charge on any atom is 0.361 e. The van der Waals surface area contributed by atoms with Crippen LogP contribution in [-0.2, 0) is 19.0 Å². The van der Waals surface area contributed by atoms with Crippen LogP contribution >= 0.6 is 7.60 Å². The second-order valence-electron chi connectivity index (χ2n) is 5.13. The SMILES string of the molecule is CCOP(=O)(OCC)c1ccc(C(C)(C)C)cc1. The topological polar surface area (TPSA) is 35.5 Å². The van der Waals surface area contributed by atoms with E-state index >= 15 is 0 Å². The fourth-order valence-corrected chi connectivity index (χ4v) is 3.24. The lowest BCUT2D eigenvalue weighted by Gasteiger charge is -2.21. The Morgan fingerprint density at radius 2 is 1.44 bits per heavy atom. The van der Waals surface area contributed by atoms with Gasteiger partial charge in [0.2, 0.25) is 0 Å². The minimum absolute atomic E-state index is 0.0831. The van der Waals surface area contributed by atoms with Gasteiger partial charge in [-0.25, -0.2) is 0 Å². The van der Waals surface area contributed by atoms with Crippen molar-refractivity contribution < 1.29 is 13.6 Å². The summed E-state index contributed by atoms with van der Waals surface area (Å²) in [5.74, 6) is 0. The van der Waals surface area contributed by atoms with Crippen LogP contribution in [0.4, 0.5) is 0 Å². The van der Waals surface area contributed by atoms with Crippen LogP contribution in [0.15, 0.2) is 24.3 Å². The molecule has 4 heteroatoms. The molecule has 0 aromatic heterocycles. The smallest absolute Gasteiger partial charge is 0.305 e. The highest BCUT2D eigenvalue weighted by Gasteiger charge is 2.27. The van der Waals surface area contributed by atoms with Crippen LogP contribution in [0.1, 0.15) is 40.2 Å². The zero-order chi connectivity index (χ0) is 13.8. The van der Waals surface area contributed by atoms with Crippen molar-refractivity contribution in [2.24, 2.45) is 0 Å². The lowest BCUT2D eigenvalue weighted by atomic mass is 9.87. The minimum atomic E-state index is -3.14. The van der Waals surface area contributed by atoms with Gasteiger partial charge >= 0.3 is 7.60 Å². The average Bonchev–Trinajstić information content (AvgIpc) is 2.29. The molecule has 0 radical (unpaired) electrons. The van der Waals surface area contributed by atoms with Crippen molar-refractivity contribution >= 4 is 12.9 Å². The minimum Gasteiger partial charge on any atom is -0.305 e. The van der Waals surface area contributed by atoms with Crippen LogP contribution in [0, 0.1) is 0 Å². The molecule has 0 aliphatic carbocycles. The van der Waals surface area contributed by atoms with Crippen LogP contribution < -0.4 is 5.30 Å². The van der Waals surface area contributed by atoms with Gasteiger partial charge in [-0.3, -0.25) is 4.57 Å². The van der Waals surface area contributed by atoms with Crippen LogP contribution in [0.2, 0.25) is 0 Å². The fraction of sp³-hybridized carbons (Fsp3) is 0.571. The molecule has 18 heavy (non-hydrogen) atoms. The van der Waals surface area contributed by atoms with Crippen molar-refractivity contribution in [3.63, 3.8) is 0 Å². The Morgan fingerprint density at radius 3 is 1.78 bits per heavy atom. The van der Waals surface area contributed by atoms with Gasteiger partial charge in [0.25, 0.3) is 0 Å². The molecule has 1 rings (SSSR count). The van der Waals surface area contributed by atoms with Crippen LogP contribution in [0.5, 0.6) is 0 Å². The van der Waals surface area contributed by atoms with Crippen molar-refractivity contribution in [2.75, 3.05) is 13.2 Å². The van der Waals surface area contributed by atoms with Crippen LogP contribution in [0.3, 0.4) is 0 Å². The van der Waals surface area contributed by atoms with Crippen molar-refractivity contribution in [3.8, 4) is 0 Å². The summed E-state index contributed by atoms with van der Waals surface area (Å²) in [4.78, 5) is 0. The van der Waals surface area contributed by atoms with E-state index in [-0.39, 0.29) is 5.41 Å². The van der Waals surface area contributed by atoms with E-state index < -0.39 is 7.60 Å². The predicted molar refractivity (Wildman–Crippen MR) is 75.6 cm³/mol. The molecule has 1 aromatic carbocycles. The number of benzene rings is 1. The number of hydrogen-bond donors (Lipinski definition) is 0. The Bertz CT molecular complexity index is 408. The third-order valence-electron chi connectivity index (χ3n) is 2.65. The molecule has 0 fully saturated rings. The Labute approximate surface area is 110 Å². The zero-order valence-electron chi connectivity index (χ0n) is 11.9. The van der Waals surface area contributed by atoms with Crippen LogP contribution in [0.25, 0.3) is 0 Å². The van der Waals surface area contributed by atoms with Gasteiger partial charge < -0.3 is 9.05 Å². The molecule has 0 aliphatic rings. The third kappa shape index (κ3) is 3.68. The predicted octanol–water partition coefficient (Wildman–Crippen LogP) is 3.88. The molecule has 0 amide bonds. The molecule has 0 atom stereocenters. The maximum absolute atomic E-state index is 12.5. The van der Waals surface area contributed by atoms with E-state index in [4.69, 9.17) is 9.05 Å². The summed E-state index contributed by atoms with van der Waals surface area (Å²) in [5, 5.41) is 0.624. The Kier molecular flexibility index (Phi) is 5.15. The lowest BCUT2D eigenvalue weighted by Crippen LogP contribution is -2.15. The highest BCUT2D eigenvalue weighted by Crippen LogP contribution is 2.46. The van der Waals surface area contributed by atoms with Gasteiger partial charge in [-0.15, -0.1) is 0 Å². The van der Waals surface area contributed by atoms with Gasteiger partial charge in [0, 0.05) is 0 Å². The van der Waals surface area contributed by atoms with Crippen molar-refractivity contribution in [3.05, 3.63) is 29.8 Å². The van der Waals surface area contributed by atoms with Gasteiger partial charge in [-0.1, -0.05) is 32.9 Å². The zero-order valence-corrected chi connectivity index (χ0v) is 12.8. The van der Waals surface area contributed by atoms with Gasteiger partial charge in [0.05, 0.1) is 18.5 Å². The molecule has 0 unspecified atom stereocenters. The lowest BCUT2D eigenvalue weighted by molar-refractivity contribution is 0.230. The summed E-state index contributed by atoms with van der Waals surface area (Å²) in [6, 6.07) is 7.65. The second kappa shape index (κ2) is 6.01. The summed E-state index contributed by atoms with van der Waals surface area (Å²) in [5.41, 5.74) is 1.28. The Morgan fingerprint density at radius 1 is 1.00 bits per heavy atom. The molecule has 0 saturated heterocycles. The van der Waals surface area contributed by atoms with Gasteiger partial charge in [0.15, 0.2) is 0 Å². The normalized spacial score (nSPS) is 12.7. The van der Waals surface area contributed by atoms with Crippen LogP contribution in [-0.4, -0.2) is 13.2 Å². The highest BCUT2D eigenvalue weighted by molar-refractivity contribution is 7.62. The molecule has 102 valence electrons. The van der Waals surface area contributed by atoms with E-state index in [0.29, 0.717) is 18.5 Å². The van der Waals surface area contributed by atoms with E-state index in [2.05, 4.69) is 20.8 Å². The molecule has 3 nitrogen and oxygen atoms in total. The van der Waals surface area contributed by atoms with Crippen molar-refractivity contribution in [1.82, 2.24) is 0 Å². The first-order valence-electron chi connectivity index (χ1n) is 6.33. The molecule has 0 spiro atoms.